The Bertz CT molecular complexity index is 1240. The Morgan fingerprint density at radius 1 is 1.23 bits per heavy atom. The van der Waals surface area contributed by atoms with Crippen LogP contribution in [0.5, 0.6) is 5.75 Å². The van der Waals surface area contributed by atoms with Crippen molar-refractivity contribution in [3.63, 3.8) is 0 Å². The lowest BCUT2D eigenvalue weighted by Crippen LogP contribution is -2.51. The lowest BCUT2D eigenvalue weighted by atomic mass is 9.67. The summed E-state index contributed by atoms with van der Waals surface area (Å²) >= 11 is 6.39. The van der Waals surface area contributed by atoms with Gasteiger partial charge in [-0.25, -0.2) is 4.79 Å². The number of ether oxygens (including phenoxy) is 3. The highest BCUT2D eigenvalue weighted by atomic mass is 35.5. The van der Waals surface area contributed by atoms with Gasteiger partial charge in [0.1, 0.15) is 5.75 Å². The molecule has 6 rings (SSSR count). The molecule has 8 heteroatoms. The van der Waals surface area contributed by atoms with Crippen molar-refractivity contribution in [1.82, 2.24) is 0 Å². The first-order valence-electron chi connectivity index (χ1n) is 14.8. The molecule has 2 aliphatic heterocycles. The summed E-state index contributed by atoms with van der Waals surface area (Å²) in [6.45, 7) is 4.77. The summed E-state index contributed by atoms with van der Waals surface area (Å²) in [5.74, 6) is 0.683. The van der Waals surface area contributed by atoms with Crippen LogP contribution in [-0.4, -0.2) is 67.4 Å². The molecule has 2 aromatic carbocycles. The van der Waals surface area contributed by atoms with Gasteiger partial charge in [-0.05, 0) is 98.7 Å². The molecule has 0 amide bonds. The van der Waals surface area contributed by atoms with Gasteiger partial charge in [0.05, 0.1) is 42.8 Å². The van der Waals surface area contributed by atoms with Gasteiger partial charge in [-0.1, -0.05) is 17.7 Å². The average Bonchev–Trinajstić information content (AvgIpc) is 3.08. The van der Waals surface area contributed by atoms with Gasteiger partial charge in [-0.3, -0.25) is 0 Å². The summed E-state index contributed by atoms with van der Waals surface area (Å²) in [6, 6.07) is 11.5. The minimum atomic E-state index is -0.931. The molecule has 1 spiro atoms. The van der Waals surface area contributed by atoms with E-state index in [1.54, 1.807) is 12.1 Å². The standard InChI is InChI=1S/C32H40ClNO6/c1-20(17-35)40-25-10-12-38-30(15-25)26-7-4-23(26)16-34-18-32(11-2-3-21-13-24(33)6-8-27(21)32)19-39-29-9-5-22(31(36)37)14-28(29)34/h5-6,8-9,13-14,20,23,25-26,30,35H,2-4,7,10-12,15-19H2,1H3,(H,36,37)/t20-,23-,25-,26+,30-,32?/m0/s1. The summed E-state index contributed by atoms with van der Waals surface area (Å²) < 4.78 is 18.9. The van der Waals surface area contributed by atoms with Crippen LogP contribution in [0.1, 0.15) is 66.9 Å². The lowest BCUT2D eigenvalue weighted by molar-refractivity contribution is -0.134. The van der Waals surface area contributed by atoms with Gasteiger partial charge in [0.15, 0.2) is 0 Å². The maximum Gasteiger partial charge on any atom is 0.335 e. The zero-order chi connectivity index (χ0) is 27.9. The Hall–Kier alpha value is -2.32. The van der Waals surface area contributed by atoms with Crippen molar-refractivity contribution in [3.8, 4) is 5.75 Å². The van der Waals surface area contributed by atoms with Crippen LogP contribution in [0.25, 0.3) is 0 Å². The number of carbonyl (C=O) groups is 1. The second-order valence-electron chi connectivity index (χ2n) is 12.3. The van der Waals surface area contributed by atoms with E-state index in [4.69, 9.17) is 25.8 Å². The Morgan fingerprint density at radius 2 is 2.10 bits per heavy atom. The highest BCUT2D eigenvalue weighted by molar-refractivity contribution is 6.30. The number of carboxylic acid groups (broad SMARTS) is 1. The van der Waals surface area contributed by atoms with Crippen LogP contribution in [0.4, 0.5) is 5.69 Å². The zero-order valence-corrected chi connectivity index (χ0v) is 23.9. The van der Waals surface area contributed by atoms with Crippen molar-refractivity contribution >= 4 is 23.3 Å². The van der Waals surface area contributed by atoms with Crippen LogP contribution in [-0.2, 0) is 21.3 Å². The van der Waals surface area contributed by atoms with Crippen LogP contribution in [0.3, 0.4) is 0 Å². The number of aromatic carboxylic acids is 1. The first kappa shape index (κ1) is 27.8. The number of halogens is 1. The highest BCUT2D eigenvalue weighted by Crippen LogP contribution is 2.47. The molecule has 0 bridgehead atoms. The molecule has 2 N–H and O–H groups in total. The van der Waals surface area contributed by atoms with E-state index in [2.05, 4.69) is 17.0 Å². The maximum atomic E-state index is 11.9. The summed E-state index contributed by atoms with van der Waals surface area (Å²) in [4.78, 5) is 14.3. The van der Waals surface area contributed by atoms with Crippen molar-refractivity contribution in [2.75, 3.05) is 37.8 Å². The Morgan fingerprint density at radius 3 is 2.88 bits per heavy atom. The molecule has 216 valence electrons. The van der Waals surface area contributed by atoms with Gasteiger partial charge in [-0.15, -0.1) is 0 Å². The largest absolute Gasteiger partial charge is 0.490 e. The van der Waals surface area contributed by atoms with E-state index in [0.29, 0.717) is 25.0 Å². The van der Waals surface area contributed by atoms with Gasteiger partial charge in [0, 0.05) is 36.6 Å². The normalized spacial score (nSPS) is 30.4. The molecule has 1 saturated carbocycles. The molecule has 2 heterocycles. The SMILES string of the molecule is C[C@@H](CO)O[C@H]1CCO[C@H]([C@@H]2CC[C@H]2CN2CC3(CCCc4cc(Cl)ccc43)COc3ccc(C(=O)O)cc32)C1. The Kier molecular flexibility index (Phi) is 8.01. The number of nitrogens with zero attached hydrogens (tertiary/aromatic N) is 1. The summed E-state index contributed by atoms with van der Waals surface area (Å²) in [5.41, 5.74) is 3.54. The second-order valence-corrected chi connectivity index (χ2v) is 12.7. The molecule has 2 aliphatic carbocycles. The van der Waals surface area contributed by atoms with Crippen molar-refractivity contribution < 1.29 is 29.2 Å². The first-order chi connectivity index (χ1) is 19.3. The monoisotopic (exact) mass is 569 g/mol. The number of fused-ring (bicyclic) bond motifs is 3. The number of carboxylic acids is 1. The van der Waals surface area contributed by atoms with Gasteiger partial charge in [-0.2, -0.15) is 0 Å². The molecular formula is C32H40ClNO6. The molecule has 0 radical (unpaired) electrons. The lowest BCUT2D eigenvalue weighted by Gasteiger charge is -2.48. The molecule has 2 aromatic rings. The van der Waals surface area contributed by atoms with E-state index in [9.17, 15) is 15.0 Å². The van der Waals surface area contributed by atoms with E-state index in [-0.39, 0.29) is 35.9 Å². The Balaban J connectivity index is 1.28. The summed E-state index contributed by atoms with van der Waals surface area (Å²) in [7, 11) is 0. The van der Waals surface area contributed by atoms with Gasteiger partial charge >= 0.3 is 5.97 Å². The van der Waals surface area contributed by atoms with Gasteiger partial charge < -0.3 is 29.3 Å². The third-order valence-corrected chi connectivity index (χ3v) is 9.88. The van der Waals surface area contributed by atoms with Crippen molar-refractivity contribution in [2.45, 2.75) is 75.6 Å². The quantitative estimate of drug-likeness (QED) is 0.456. The number of benzene rings is 2. The minimum absolute atomic E-state index is 0.0277. The van der Waals surface area contributed by atoms with Crippen molar-refractivity contribution in [1.29, 1.82) is 0 Å². The fraction of sp³-hybridized carbons (Fsp3) is 0.594. The van der Waals surface area contributed by atoms with Gasteiger partial charge in [0.2, 0.25) is 0 Å². The summed E-state index contributed by atoms with van der Waals surface area (Å²) in [6.07, 6.45) is 7.13. The molecule has 1 unspecified atom stereocenters. The van der Waals surface area contributed by atoms with E-state index < -0.39 is 5.97 Å². The van der Waals surface area contributed by atoms with E-state index in [1.807, 2.05) is 19.1 Å². The van der Waals surface area contributed by atoms with Crippen molar-refractivity contribution in [2.24, 2.45) is 11.8 Å². The predicted octanol–water partition coefficient (Wildman–Crippen LogP) is 5.48. The van der Waals surface area contributed by atoms with E-state index in [1.165, 1.54) is 11.1 Å². The van der Waals surface area contributed by atoms with Crippen LogP contribution in [0, 0.1) is 11.8 Å². The predicted molar refractivity (Wildman–Crippen MR) is 154 cm³/mol. The molecule has 0 aromatic heterocycles. The second kappa shape index (κ2) is 11.5. The number of rotatable bonds is 7. The number of aryl methyl sites for hydroxylation is 1. The maximum absolute atomic E-state index is 11.9. The molecule has 6 atom stereocenters. The molecule has 7 nitrogen and oxygen atoms in total. The number of anilines is 1. The molecular weight excluding hydrogens is 530 g/mol. The third kappa shape index (κ3) is 5.46. The molecule has 40 heavy (non-hydrogen) atoms. The average molecular weight is 570 g/mol. The number of hydrogen-bond donors (Lipinski definition) is 2. The smallest absolute Gasteiger partial charge is 0.335 e. The van der Waals surface area contributed by atoms with E-state index >= 15 is 0 Å². The topological polar surface area (TPSA) is 88.5 Å². The van der Waals surface area contributed by atoms with Crippen LogP contribution >= 0.6 is 11.6 Å². The fourth-order valence-corrected chi connectivity index (χ4v) is 7.63. The Labute approximate surface area is 241 Å². The third-order valence-electron chi connectivity index (χ3n) is 9.64. The molecule has 2 fully saturated rings. The van der Waals surface area contributed by atoms with Gasteiger partial charge in [0.25, 0.3) is 0 Å². The first-order valence-corrected chi connectivity index (χ1v) is 15.1. The van der Waals surface area contributed by atoms with Crippen LogP contribution < -0.4 is 9.64 Å². The minimum Gasteiger partial charge on any atom is -0.490 e. The van der Waals surface area contributed by atoms with E-state index in [0.717, 1.165) is 74.5 Å². The van der Waals surface area contributed by atoms with Crippen molar-refractivity contribution in [3.05, 3.63) is 58.1 Å². The fourth-order valence-electron chi connectivity index (χ4n) is 7.43. The number of aliphatic hydroxyl groups excluding tert-OH is 1. The number of hydrogen-bond acceptors (Lipinski definition) is 6. The highest BCUT2D eigenvalue weighted by Gasteiger charge is 2.45. The molecule has 4 aliphatic rings. The van der Waals surface area contributed by atoms with Crippen LogP contribution in [0.2, 0.25) is 5.02 Å². The van der Waals surface area contributed by atoms with Crippen LogP contribution in [0.15, 0.2) is 36.4 Å². The zero-order valence-electron chi connectivity index (χ0n) is 23.2. The molecule has 1 saturated heterocycles. The summed E-state index contributed by atoms with van der Waals surface area (Å²) in [5, 5.41) is 20.0. The number of aliphatic hydroxyl groups is 1.